The van der Waals surface area contributed by atoms with Crippen LogP contribution in [0.3, 0.4) is 0 Å². The highest BCUT2D eigenvalue weighted by Gasteiger charge is 2.12. The topological polar surface area (TPSA) is 34.6 Å². The summed E-state index contributed by atoms with van der Waals surface area (Å²) in [6, 6.07) is 15.7. The molecule has 136 valence electrons. The lowest BCUT2D eigenvalue weighted by atomic mass is 10.1. The molecule has 1 heterocycles. The molecule has 0 radical (unpaired) electrons. The fraction of sp³-hybridized carbons (Fsp3) is 0.286. The molecule has 1 aromatic heterocycles. The summed E-state index contributed by atoms with van der Waals surface area (Å²) >= 11 is 6.55. The number of aromatic nitrogens is 1. The van der Waals surface area contributed by atoms with Crippen molar-refractivity contribution in [3.05, 3.63) is 64.8 Å². The van der Waals surface area contributed by atoms with Gasteiger partial charge in [0, 0.05) is 18.5 Å². The predicted octanol–water partition coefficient (Wildman–Crippen LogP) is 4.72. The molecule has 0 saturated heterocycles. The lowest BCUT2D eigenvalue weighted by molar-refractivity contribution is 0.225. The van der Waals surface area contributed by atoms with Gasteiger partial charge in [0.1, 0.15) is 6.61 Å². The second-order valence-corrected chi connectivity index (χ2v) is 6.63. The van der Waals surface area contributed by atoms with Crippen molar-refractivity contribution in [3.63, 3.8) is 0 Å². The molecule has 0 fully saturated rings. The maximum atomic E-state index is 6.55. The van der Waals surface area contributed by atoms with Gasteiger partial charge in [0.15, 0.2) is 11.5 Å². The molecule has 2 aromatic carbocycles. The van der Waals surface area contributed by atoms with E-state index in [9.17, 15) is 0 Å². The number of halogens is 1. The van der Waals surface area contributed by atoms with Gasteiger partial charge in [0.05, 0.1) is 23.3 Å². The van der Waals surface area contributed by atoms with Crippen molar-refractivity contribution >= 4 is 22.5 Å². The number of para-hydroxylation sites is 3. The third-order valence-electron chi connectivity index (χ3n) is 4.37. The second kappa shape index (κ2) is 8.39. The summed E-state index contributed by atoms with van der Waals surface area (Å²) < 4.78 is 11.1. The quantitative estimate of drug-likeness (QED) is 0.603. The number of hydrogen-bond donors (Lipinski definition) is 0. The third kappa shape index (κ3) is 4.09. The number of pyridine rings is 1. The van der Waals surface area contributed by atoms with Gasteiger partial charge in [-0.15, -0.1) is 0 Å². The van der Waals surface area contributed by atoms with Crippen LogP contribution >= 0.6 is 11.6 Å². The number of nitrogens with zero attached hydrogens (tertiary/aromatic N) is 2. The first-order valence-electron chi connectivity index (χ1n) is 8.58. The van der Waals surface area contributed by atoms with E-state index in [2.05, 4.69) is 11.0 Å². The minimum atomic E-state index is 0.557. The minimum absolute atomic E-state index is 0.557. The number of hydrogen-bond acceptors (Lipinski definition) is 4. The van der Waals surface area contributed by atoms with Gasteiger partial charge in [-0.25, -0.2) is 4.98 Å². The van der Waals surface area contributed by atoms with Crippen LogP contribution in [0.2, 0.25) is 5.02 Å². The Morgan fingerprint density at radius 2 is 1.73 bits per heavy atom. The number of benzene rings is 2. The van der Waals surface area contributed by atoms with Crippen LogP contribution in [0.5, 0.6) is 11.5 Å². The molecule has 0 unspecified atom stereocenters. The number of rotatable bonds is 7. The van der Waals surface area contributed by atoms with Crippen LogP contribution in [-0.2, 0) is 6.54 Å². The third-order valence-corrected chi connectivity index (χ3v) is 4.87. The summed E-state index contributed by atoms with van der Waals surface area (Å²) in [4.78, 5) is 6.89. The second-order valence-electron chi connectivity index (χ2n) is 6.25. The molecule has 26 heavy (non-hydrogen) atoms. The van der Waals surface area contributed by atoms with Gasteiger partial charge in [-0.1, -0.05) is 41.9 Å². The molecular formula is C21H23ClN2O2. The van der Waals surface area contributed by atoms with E-state index in [4.69, 9.17) is 26.1 Å². The van der Waals surface area contributed by atoms with Crippen molar-refractivity contribution in [2.24, 2.45) is 0 Å². The standard InChI is InChI=1S/C21H23ClN2O2/c1-15-16-8-4-5-9-17(16)23-18(21(15)22)14-24(2)12-13-26-20-11-7-6-10-19(20)25-3/h4-11H,12-14H2,1-3H3. The maximum absolute atomic E-state index is 6.55. The van der Waals surface area contributed by atoms with Crippen molar-refractivity contribution in [2.45, 2.75) is 13.5 Å². The average molecular weight is 371 g/mol. The van der Waals surface area contributed by atoms with Gasteiger partial charge >= 0.3 is 0 Å². The van der Waals surface area contributed by atoms with Crippen LogP contribution in [0, 0.1) is 6.92 Å². The highest BCUT2D eigenvalue weighted by molar-refractivity contribution is 6.32. The van der Waals surface area contributed by atoms with Gasteiger partial charge in [0.2, 0.25) is 0 Å². The Balaban J connectivity index is 1.64. The summed E-state index contributed by atoms with van der Waals surface area (Å²) in [6.45, 7) is 4.02. The maximum Gasteiger partial charge on any atom is 0.161 e. The normalized spacial score (nSPS) is 11.1. The molecule has 0 atom stereocenters. The summed E-state index contributed by atoms with van der Waals surface area (Å²) in [5.41, 5.74) is 2.94. The Bertz CT molecular complexity index is 898. The van der Waals surface area contributed by atoms with Crippen molar-refractivity contribution in [1.82, 2.24) is 9.88 Å². The van der Waals surface area contributed by atoms with Crippen molar-refractivity contribution in [1.29, 1.82) is 0 Å². The largest absolute Gasteiger partial charge is 0.493 e. The summed E-state index contributed by atoms with van der Waals surface area (Å²) in [5.74, 6) is 1.49. The Morgan fingerprint density at radius 1 is 1.04 bits per heavy atom. The van der Waals surface area contributed by atoms with E-state index >= 15 is 0 Å². The first-order chi connectivity index (χ1) is 12.6. The molecule has 3 rings (SSSR count). The molecule has 0 spiro atoms. The van der Waals surface area contributed by atoms with Gasteiger partial charge in [-0.05, 0) is 37.7 Å². The van der Waals surface area contributed by atoms with E-state index in [1.165, 1.54) is 0 Å². The molecule has 0 aliphatic rings. The summed E-state index contributed by atoms with van der Waals surface area (Å²) in [7, 11) is 3.68. The van der Waals surface area contributed by atoms with E-state index in [0.717, 1.165) is 45.2 Å². The summed E-state index contributed by atoms with van der Waals surface area (Å²) in [5, 5.41) is 1.84. The number of likely N-dealkylation sites (N-methyl/N-ethyl adjacent to an activating group) is 1. The minimum Gasteiger partial charge on any atom is -0.493 e. The fourth-order valence-electron chi connectivity index (χ4n) is 2.91. The van der Waals surface area contributed by atoms with Crippen molar-refractivity contribution in [3.8, 4) is 11.5 Å². The van der Waals surface area contributed by atoms with Crippen LogP contribution in [0.15, 0.2) is 48.5 Å². The molecule has 4 nitrogen and oxygen atoms in total. The Hall–Kier alpha value is -2.30. The zero-order chi connectivity index (χ0) is 18.5. The van der Waals surface area contributed by atoms with Crippen LogP contribution in [0.25, 0.3) is 10.9 Å². The van der Waals surface area contributed by atoms with E-state index in [-0.39, 0.29) is 0 Å². The number of methoxy groups -OCH3 is 1. The van der Waals surface area contributed by atoms with Crippen LogP contribution in [-0.4, -0.2) is 37.2 Å². The zero-order valence-electron chi connectivity index (χ0n) is 15.3. The van der Waals surface area contributed by atoms with Crippen molar-refractivity contribution in [2.75, 3.05) is 27.3 Å². The molecule has 5 heteroatoms. The van der Waals surface area contributed by atoms with Crippen LogP contribution < -0.4 is 9.47 Å². The Labute approximate surface area is 159 Å². The molecule has 0 bridgehead atoms. The zero-order valence-corrected chi connectivity index (χ0v) is 16.1. The predicted molar refractivity (Wildman–Crippen MR) is 106 cm³/mol. The molecular weight excluding hydrogens is 348 g/mol. The van der Waals surface area contributed by atoms with Gasteiger partial charge in [-0.3, -0.25) is 4.90 Å². The molecule has 3 aromatic rings. The fourth-order valence-corrected chi connectivity index (χ4v) is 3.11. The van der Waals surface area contributed by atoms with E-state index < -0.39 is 0 Å². The number of aryl methyl sites for hydroxylation is 1. The van der Waals surface area contributed by atoms with Crippen LogP contribution in [0.1, 0.15) is 11.3 Å². The number of fused-ring (bicyclic) bond motifs is 1. The van der Waals surface area contributed by atoms with Crippen molar-refractivity contribution < 1.29 is 9.47 Å². The highest BCUT2D eigenvalue weighted by atomic mass is 35.5. The Kier molecular flexibility index (Phi) is 5.96. The van der Waals surface area contributed by atoms with E-state index in [0.29, 0.717) is 13.2 Å². The SMILES string of the molecule is COc1ccccc1OCCN(C)Cc1nc2ccccc2c(C)c1Cl. The molecule has 0 aliphatic carbocycles. The number of ether oxygens (including phenoxy) is 2. The lowest BCUT2D eigenvalue weighted by Crippen LogP contribution is -2.24. The monoisotopic (exact) mass is 370 g/mol. The smallest absolute Gasteiger partial charge is 0.161 e. The molecule has 0 aliphatic heterocycles. The average Bonchev–Trinajstić information content (AvgIpc) is 2.66. The summed E-state index contributed by atoms with van der Waals surface area (Å²) in [6.07, 6.45) is 0. The Morgan fingerprint density at radius 3 is 2.50 bits per heavy atom. The highest BCUT2D eigenvalue weighted by Crippen LogP contribution is 2.28. The lowest BCUT2D eigenvalue weighted by Gasteiger charge is -2.19. The molecule has 0 saturated carbocycles. The van der Waals surface area contributed by atoms with Crippen LogP contribution in [0.4, 0.5) is 0 Å². The van der Waals surface area contributed by atoms with E-state index in [1.807, 2.05) is 56.4 Å². The molecule has 0 amide bonds. The van der Waals surface area contributed by atoms with E-state index in [1.54, 1.807) is 7.11 Å². The van der Waals surface area contributed by atoms with Gasteiger partial charge in [-0.2, -0.15) is 0 Å². The first kappa shape index (κ1) is 18.5. The molecule has 0 N–H and O–H groups in total. The van der Waals surface area contributed by atoms with Gasteiger partial charge in [0.25, 0.3) is 0 Å². The van der Waals surface area contributed by atoms with Gasteiger partial charge < -0.3 is 9.47 Å². The first-order valence-corrected chi connectivity index (χ1v) is 8.96.